The molecule has 0 radical (unpaired) electrons. The molecule has 0 unspecified atom stereocenters. The fourth-order valence-corrected chi connectivity index (χ4v) is 3.77. The zero-order valence-electron chi connectivity index (χ0n) is 14.6. The van der Waals surface area contributed by atoms with Crippen LogP contribution in [0.4, 0.5) is 21.9 Å². The van der Waals surface area contributed by atoms with Gasteiger partial charge in [0.1, 0.15) is 0 Å². The van der Waals surface area contributed by atoms with Crippen LogP contribution in [0.1, 0.15) is 22.3 Å². The summed E-state index contributed by atoms with van der Waals surface area (Å²) in [5.41, 5.74) is 9.67. The van der Waals surface area contributed by atoms with Gasteiger partial charge in [0.15, 0.2) is 0 Å². The van der Waals surface area contributed by atoms with Gasteiger partial charge in [-0.05, 0) is 48.7 Å². The number of anilines is 3. The molecule has 1 saturated heterocycles. The van der Waals surface area contributed by atoms with Crippen LogP contribution in [0.2, 0.25) is 5.02 Å². The van der Waals surface area contributed by atoms with Crippen molar-refractivity contribution in [2.75, 3.05) is 35.2 Å². The van der Waals surface area contributed by atoms with Gasteiger partial charge < -0.3 is 16.0 Å². The maximum Gasteiger partial charge on any atom is 0.321 e. The van der Waals surface area contributed by atoms with Gasteiger partial charge in [0.05, 0.1) is 10.6 Å². The number of nitrogens with one attached hydrogen (secondary N) is 1. The molecule has 6 nitrogen and oxygen atoms in total. The zero-order chi connectivity index (χ0) is 18.3. The number of rotatable bonds is 2. The Morgan fingerprint density at radius 2 is 2.00 bits per heavy atom. The monoisotopic (exact) mass is 406 g/mol. The summed E-state index contributed by atoms with van der Waals surface area (Å²) in [5, 5.41) is 3.13. The predicted molar refractivity (Wildman–Crippen MR) is 110 cm³/mol. The highest BCUT2D eigenvalue weighted by Gasteiger charge is 2.28. The number of benzene rings is 2. The van der Waals surface area contributed by atoms with Crippen molar-refractivity contribution in [3.05, 3.63) is 52.5 Å². The quantitative estimate of drug-likeness (QED) is 0.749. The number of halogens is 2. The van der Waals surface area contributed by atoms with Crippen LogP contribution in [-0.2, 0) is 6.42 Å². The number of nitrogens with two attached hydrogens (primary N) is 1. The second-order valence-electron chi connectivity index (χ2n) is 6.45. The number of urea groups is 1. The Balaban J connectivity index is 0.00000210. The lowest BCUT2D eigenvalue weighted by molar-refractivity contribution is 0.0985. The molecule has 1 fully saturated rings. The van der Waals surface area contributed by atoms with Crippen LogP contribution in [0.5, 0.6) is 0 Å². The second-order valence-corrected chi connectivity index (χ2v) is 6.86. The van der Waals surface area contributed by atoms with Gasteiger partial charge in [0.25, 0.3) is 5.91 Å². The average molecular weight is 407 g/mol. The fraction of sp³-hybridized carbons (Fsp3) is 0.263. The molecule has 142 valence electrons. The van der Waals surface area contributed by atoms with E-state index in [2.05, 4.69) is 5.32 Å². The van der Waals surface area contributed by atoms with Gasteiger partial charge in [-0.2, -0.15) is 0 Å². The molecule has 2 heterocycles. The Morgan fingerprint density at radius 3 is 2.74 bits per heavy atom. The molecular formula is C19H20Cl2N4O2. The van der Waals surface area contributed by atoms with Crippen molar-refractivity contribution in [2.24, 2.45) is 0 Å². The lowest BCUT2D eigenvalue weighted by Gasteiger charge is -2.30. The summed E-state index contributed by atoms with van der Waals surface area (Å²) in [5.74, 6) is -0.178. The molecule has 0 aliphatic carbocycles. The molecule has 2 aromatic rings. The van der Waals surface area contributed by atoms with E-state index in [-0.39, 0.29) is 24.3 Å². The van der Waals surface area contributed by atoms with Gasteiger partial charge in [-0.3, -0.25) is 9.69 Å². The maximum absolute atomic E-state index is 13.2. The number of carbonyl (C=O) groups excluding carboxylic acids is 2. The van der Waals surface area contributed by atoms with E-state index in [1.54, 1.807) is 28.0 Å². The predicted octanol–water partition coefficient (Wildman–Crippen LogP) is 3.47. The summed E-state index contributed by atoms with van der Waals surface area (Å²) in [6.07, 6.45) is 1.70. The van der Waals surface area contributed by atoms with Crippen LogP contribution < -0.4 is 20.9 Å². The van der Waals surface area contributed by atoms with E-state index in [0.29, 0.717) is 41.6 Å². The molecule has 0 saturated carbocycles. The van der Waals surface area contributed by atoms with Crippen LogP contribution in [0.3, 0.4) is 0 Å². The average Bonchev–Trinajstić information content (AvgIpc) is 3.07. The van der Waals surface area contributed by atoms with Gasteiger partial charge in [-0.1, -0.05) is 17.7 Å². The molecule has 3 amide bonds. The number of amides is 3. The van der Waals surface area contributed by atoms with Crippen LogP contribution in [0.15, 0.2) is 36.4 Å². The second kappa shape index (κ2) is 7.66. The normalized spacial score (nSPS) is 15.8. The smallest absolute Gasteiger partial charge is 0.321 e. The summed E-state index contributed by atoms with van der Waals surface area (Å²) in [4.78, 5) is 28.5. The SMILES string of the molecule is Cl.Nc1cccc2c1CCCN2C(=O)c1cc(N2CCNC2=O)ccc1Cl. The van der Waals surface area contributed by atoms with Gasteiger partial charge >= 0.3 is 6.03 Å². The van der Waals surface area contributed by atoms with E-state index in [0.717, 1.165) is 24.1 Å². The van der Waals surface area contributed by atoms with Crippen LogP contribution in [0, 0.1) is 0 Å². The minimum atomic E-state index is -0.178. The largest absolute Gasteiger partial charge is 0.398 e. The zero-order valence-corrected chi connectivity index (χ0v) is 16.1. The first-order valence-electron chi connectivity index (χ1n) is 8.60. The highest BCUT2D eigenvalue weighted by molar-refractivity contribution is 6.34. The van der Waals surface area contributed by atoms with Crippen molar-refractivity contribution in [1.82, 2.24) is 5.32 Å². The lowest BCUT2D eigenvalue weighted by Crippen LogP contribution is -2.36. The lowest BCUT2D eigenvalue weighted by atomic mass is 9.99. The van der Waals surface area contributed by atoms with Crippen molar-refractivity contribution in [3.63, 3.8) is 0 Å². The Kier molecular flexibility index (Phi) is 5.48. The van der Waals surface area contributed by atoms with Gasteiger partial charge in [0, 0.05) is 36.7 Å². The first-order valence-corrected chi connectivity index (χ1v) is 8.98. The van der Waals surface area contributed by atoms with Crippen LogP contribution >= 0.6 is 24.0 Å². The van der Waals surface area contributed by atoms with Gasteiger partial charge in [-0.25, -0.2) is 4.79 Å². The van der Waals surface area contributed by atoms with E-state index in [1.165, 1.54) is 0 Å². The molecule has 8 heteroatoms. The van der Waals surface area contributed by atoms with Gasteiger partial charge in [0.2, 0.25) is 0 Å². The Bertz CT molecular complexity index is 903. The molecule has 4 rings (SSSR count). The highest BCUT2D eigenvalue weighted by atomic mass is 35.5. The van der Waals surface area contributed by atoms with Crippen LogP contribution in [-0.4, -0.2) is 31.6 Å². The number of nitrogens with zero attached hydrogens (tertiary/aromatic N) is 2. The molecular weight excluding hydrogens is 387 g/mol. The van der Waals surface area contributed by atoms with E-state index < -0.39 is 0 Å². The van der Waals surface area contributed by atoms with Crippen molar-refractivity contribution in [1.29, 1.82) is 0 Å². The molecule has 2 aliphatic heterocycles. The third-order valence-corrected chi connectivity index (χ3v) is 5.21. The minimum absolute atomic E-state index is 0. The van der Waals surface area contributed by atoms with E-state index >= 15 is 0 Å². The Labute approximate surface area is 168 Å². The summed E-state index contributed by atoms with van der Waals surface area (Å²) < 4.78 is 0. The molecule has 2 aliphatic rings. The van der Waals surface area contributed by atoms with E-state index in [9.17, 15) is 9.59 Å². The molecule has 0 spiro atoms. The molecule has 2 aromatic carbocycles. The van der Waals surface area contributed by atoms with Crippen molar-refractivity contribution in [3.8, 4) is 0 Å². The molecule has 3 N–H and O–H groups in total. The topological polar surface area (TPSA) is 78.7 Å². The van der Waals surface area contributed by atoms with Gasteiger partial charge in [-0.15, -0.1) is 12.4 Å². The first-order chi connectivity index (χ1) is 12.6. The molecule has 0 atom stereocenters. The first kappa shape index (κ1) is 19.3. The summed E-state index contributed by atoms with van der Waals surface area (Å²) >= 11 is 6.32. The highest BCUT2D eigenvalue weighted by Crippen LogP contribution is 2.34. The number of hydrogen-bond donors (Lipinski definition) is 2. The van der Waals surface area contributed by atoms with Crippen molar-refractivity contribution in [2.45, 2.75) is 12.8 Å². The van der Waals surface area contributed by atoms with E-state index in [1.807, 2.05) is 18.2 Å². The molecule has 0 aromatic heterocycles. The minimum Gasteiger partial charge on any atom is -0.398 e. The number of carbonyl (C=O) groups is 2. The maximum atomic E-state index is 13.2. The third-order valence-electron chi connectivity index (χ3n) is 4.88. The standard InChI is InChI=1S/C19H19ClN4O2.ClH/c20-15-7-6-12(23-10-8-22-19(23)26)11-14(15)18(25)24-9-2-3-13-16(21)4-1-5-17(13)24;/h1,4-7,11H,2-3,8-10,21H2,(H,22,26);1H. The fourth-order valence-electron chi connectivity index (χ4n) is 3.57. The van der Waals surface area contributed by atoms with Crippen molar-refractivity contribution < 1.29 is 9.59 Å². The Morgan fingerprint density at radius 1 is 1.19 bits per heavy atom. The third kappa shape index (κ3) is 3.42. The molecule has 0 bridgehead atoms. The Hall–Kier alpha value is -2.44. The van der Waals surface area contributed by atoms with Crippen molar-refractivity contribution >= 4 is 53.0 Å². The summed E-state index contributed by atoms with van der Waals surface area (Å²) in [6.45, 7) is 1.76. The number of fused-ring (bicyclic) bond motifs is 1. The molecule has 27 heavy (non-hydrogen) atoms. The number of nitrogen functional groups attached to an aromatic ring is 1. The van der Waals surface area contributed by atoms with E-state index in [4.69, 9.17) is 17.3 Å². The van der Waals surface area contributed by atoms with Crippen LogP contribution in [0.25, 0.3) is 0 Å². The summed E-state index contributed by atoms with van der Waals surface area (Å²) in [6, 6.07) is 10.6. The number of hydrogen-bond acceptors (Lipinski definition) is 3. The summed E-state index contributed by atoms with van der Waals surface area (Å²) in [7, 11) is 0.